The zero-order chi connectivity index (χ0) is 14.7. The third kappa shape index (κ3) is 3.22. The molecule has 0 bridgehead atoms. The number of hydrogen-bond donors (Lipinski definition) is 1. The third-order valence-electron chi connectivity index (χ3n) is 3.07. The molecule has 0 aromatic heterocycles. The molecule has 2 rings (SSSR count). The van der Waals surface area contributed by atoms with Gasteiger partial charge >= 0.3 is 0 Å². The van der Waals surface area contributed by atoms with E-state index < -0.39 is 0 Å². The Kier molecular flexibility index (Phi) is 5.18. The number of benzene rings is 2. The second-order valence-electron chi connectivity index (χ2n) is 4.28. The lowest BCUT2D eigenvalue weighted by molar-refractivity contribution is 0.385. The number of rotatable bonds is 4. The quantitative estimate of drug-likeness (QED) is 0.802. The maximum absolute atomic E-state index is 13.5. The predicted molar refractivity (Wildman–Crippen MR) is 85.7 cm³/mol. The van der Waals surface area contributed by atoms with Crippen LogP contribution in [0.3, 0.4) is 0 Å². The minimum absolute atomic E-state index is 0.0589. The first kappa shape index (κ1) is 15.5. The van der Waals surface area contributed by atoms with E-state index in [0.717, 1.165) is 20.1 Å². The van der Waals surface area contributed by atoms with Crippen LogP contribution in [-0.4, -0.2) is 14.2 Å². The fourth-order valence-corrected chi connectivity index (χ4v) is 2.95. The summed E-state index contributed by atoms with van der Waals surface area (Å²) in [6.07, 6.45) is 0. The SMILES string of the molecule is CNC(c1ccc(F)c(OC)c1)c1cc(Br)ccc1Br. The van der Waals surface area contributed by atoms with E-state index in [4.69, 9.17) is 4.74 Å². The monoisotopic (exact) mass is 401 g/mol. The first-order chi connectivity index (χ1) is 9.56. The van der Waals surface area contributed by atoms with E-state index in [1.54, 1.807) is 12.1 Å². The van der Waals surface area contributed by atoms with E-state index in [1.807, 2.05) is 25.2 Å². The molecule has 1 N–H and O–H groups in total. The van der Waals surface area contributed by atoms with Crippen LogP contribution in [-0.2, 0) is 0 Å². The van der Waals surface area contributed by atoms with Crippen LogP contribution in [0, 0.1) is 5.82 Å². The van der Waals surface area contributed by atoms with Crippen molar-refractivity contribution in [2.24, 2.45) is 0 Å². The van der Waals surface area contributed by atoms with Gasteiger partial charge < -0.3 is 10.1 Å². The first-order valence-corrected chi connectivity index (χ1v) is 7.61. The van der Waals surface area contributed by atoms with Crippen LogP contribution in [0.1, 0.15) is 17.2 Å². The van der Waals surface area contributed by atoms with E-state index in [1.165, 1.54) is 13.2 Å². The molecule has 106 valence electrons. The van der Waals surface area contributed by atoms with Crippen LogP contribution in [0.15, 0.2) is 45.3 Å². The van der Waals surface area contributed by atoms with Gasteiger partial charge in [0.05, 0.1) is 13.2 Å². The van der Waals surface area contributed by atoms with Crippen LogP contribution in [0.5, 0.6) is 5.75 Å². The largest absolute Gasteiger partial charge is 0.494 e. The molecule has 0 heterocycles. The normalized spacial score (nSPS) is 12.2. The standard InChI is InChI=1S/C15H14Br2FNO/c1-19-15(11-8-10(16)4-5-12(11)17)9-3-6-13(18)14(7-9)20-2/h3-8,15,19H,1-2H3. The number of hydrogen-bond acceptors (Lipinski definition) is 2. The Hall–Kier alpha value is -0.910. The summed E-state index contributed by atoms with van der Waals surface area (Å²) < 4.78 is 20.5. The first-order valence-electron chi connectivity index (χ1n) is 6.02. The van der Waals surface area contributed by atoms with Crippen LogP contribution in [0.4, 0.5) is 4.39 Å². The minimum atomic E-state index is -0.362. The average Bonchev–Trinajstić information content (AvgIpc) is 2.45. The summed E-state index contributed by atoms with van der Waals surface area (Å²) in [5.74, 6) is -0.117. The molecule has 0 spiro atoms. The van der Waals surface area contributed by atoms with Gasteiger partial charge in [0.25, 0.3) is 0 Å². The Morgan fingerprint density at radius 3 is 2.55 bits per heavy atom. The van der Waals surface area contributed by atoms with Crippen molar-refractivity contribution in [2.75, 3.05) is 14.2 Å². The highest BCUT2D eigenvalue weighted by atomic mass is 79.9. The maximum atomic E-state index is 13.5. The highest BCUT2D eigenvalue weighted by molar-refractivity contribution is 9.11. The van der Waals surface area contributed by atoms with Crippen molar-refractivity contribution < 1.29 is 9.13 Å². The molecule has 2 aromatic rings. The van der Waals surface area contributed by atoms with Gasteiger partial charge in [-0.3, -0.25) is 0 Å². The van der Waals surface area contributed by atoms with Crippen molar-refractivity contribution in [3.05, 3.63) is 62.3 Å². The molecule has 0 aliphatic heterocycles. The van der Waals surface area contributed by atoms with Gasteiger partial charge in [-0.2, -0.15) is 0 Å². The third-order valence-corrected chi connectivity index (χ3v) is 4.28. The van der Waals surface area contributed by atoms with Crippen molar-refractivity contribution >= 4 is 31.9 Å². The van der Waals surface area contributed by atoms with Gasteiger partial charge in [-0.25, -0.2) is 4.39 Å². The van der Waals surface area contributed by atoms with E-state index in [0.29, 0.717) is 0 Å². The molecular formula is C15H14Br2FNO. The topological polar surface area (TPSA) is 21.3 Å². The summed E-state index contributed by atoms with van der Waals surface area (Å²) in [6, 6.07) is 10.8. The van der Waals surface area contributed by atoms with Crippen LogP contribution in [0.25, 0.3) is 0 Å². The molecule has 5 heteroatoms. The predicted octanol–water partition coefficient (Wildman–Crippen LogP) is 4.67. The van der Waals surface area contributed by atoms with Crippen molar-refractivity contribution in [3.8, 4) is 5.75 Å². The Labute approximate surface area is 134 Å². The molecule has 0 fully saturated rings. The van der Waals surface area contributed by atoms with Gasteiger partial charge in [0.2, 0.25) is 0 Å². The lowest BCUT2D eigenvalue weighted by Crippen LogP contribution is -2.18. The molecule has 2 nitrogen and oxygen atoms in total. The maximum Gasteiger partial charge on any atom is 0.165 e. The average molecular weight is 403 g/mol. The number of methoxy groups -OCH3 is 1. The molecule has 1 atom stereocenters. The van der Waals surface area contributed by atoms with Crippen molar-refractivity contribution in [1.82, 2.24) is 5.32 Å². The molecule has 0 saturated heterocycles. The molecule has 0 aliphatic carbocycles. The Balaban J connectivity index is 2.49. The number of halogens is 3. The zero-order valence-electron chi connectivity index (χ0n) is 11.1. The summed E-state index contributed by atoms with van der Waals surface area (Å²) in [4.78, 5) is 0. The summed E-state index contributed by atoms with van der Waals surface area (Å²) in [7, 11) is 3.33. The number of ether oxygens (including phenoxy) is 1. The van der Waals surface area contributed by atoms with E-state index in [-0.39, 0.29) is 17.6 Å². The summed E-state index contributed by atoms with van der Waals surface area (Å²) in [5.41, 5.74) is 2.00. The van der Waals surface area contributed by atoms with Crippen molar-refractivity contribution in [1.29, 1.82) is 0 Å². The van der Waals surface area contributed by atoms with Crippen molar-refractivity contribution in [3.63, 3.8) is 0 Å². The summed E-state index contributed by atoms with van der Waals surface area (Å²) in [5, 5.41) is 3.24. The van der Waals surface area contributed by atoms with E-state index in [2.05, 4.69) is 37.2 Å². The molecule has 2 aromatic carbocycles. The van der Waals surface area contributed by atoms with Gasteiger partial charge in [-0.1, -0.05) is 37.9 Å². The van der Waals surface area contributed by atoms with Crippen LogP contribution < -0.4 is 10.1 Å². The van der Waals surface area contributed by atoms with Gasteiger partial charge in [-0.05, 0) is 48.5 Å². The van der Waals surface area contributed by atoms with Gasteiger partial charge in [0, 0.05) is 8.95 Å². The fraction of sp³-hybridized carbons (Fsp3) is 0.200. The highest BCUT2D eigenvalue weighted by Gasteiger charge is 2.17. The summed E-state index contributed by atoms with van der Waals surface area (Å²) >= 11 is 7.03. The molecular weight excluding hydrogens is 389 g/mol. The lowest BCUT2D eigenvalue weighted by atomic mass is 9.98. The van der Waals surface area contributed by atoms with Gasteiger partial charge in [0.1, 0.15) is 0 Å². The zero-order valence-corrected chi connectivity index (χ0v) is 14.3. The Morgan fingerprint density at radius 1 is 1.15 bits per heavy atom. The molecule has 1 unspecified atom stereocenters. The second kappa shape index (κ2) is 6.70. The van der Waals surface area contributed by atoms with Gasteiger partial charge in [-0.15, -0.1) is 0 Å². The van der Waals surface area contributed by atoms with Crippen LogP contribution in [0.2, 0.25) is 0 Å². The fourth-order valence-electron chi connectivity index (χ4n) is 2.09. The Bertz CT molecular complexity index is 619. The molecule has 0 amide bonds. The summed E-state index contributed by atoms with van der Waals surface area (Å²) in [6.45, 7) is 0. The number of nitrogens with one attached hydrogen (secondary N) is 1. The van der Waals surface area contributed by atoms with Crippen molar-refractivity contribution in [2.45, 2.75) is 6.04 Å². The Morgan fingerprint density at radius 2 is 1.90 bits per heavy atom. The molecule has 0 aliphatic rings. The smallest absolute Gasteiger partial charge is 0.165 e. The molecule has 20 heavy (non-hydrogen) atoms. The van der Waals surface area contributed by atoms with Gasteiger partial charge in [0.15, 0.2) is 11.6 Å². The van der Waals surface area contributed by atoms with E-state index in [9.17, 15) is 4.39 Å². The highest BCUT2D eigenvalue weighted by Crippen LogP contribution is 2.32. The lowest BCUT2D eigenvalue weighted by Gasteiger charge is -2.20. The van der Waals surface area contributed by atoms with E-state index >= 15 is 0 Å². The molecule has 0 radical (unpaired) electrons. The second-order valence-corrected chi connectivity index (χ2v) is 6.05. The minimum Gasteiger partial charge on any atom is -0.494 e. The van der Waals surface area contributed by atoms with Crippen LogP contribution >= 0.6 is 31.9 Å². The molecule has 0 saturated carbocycles.